The fourth-order valence-corrected chi connectivity index (χ4v) is 2.66. The first-order valence-electron chi connectivity index (χ1n) is 6.83. The van der Waals surface area contributed by atoms with Crippen LogP contribution in [0, 0.1) is 0 Å². The van der Waals surface area contributed by atoms with Gasteiger partial charge in [0.2, 0.25) is 5.91 Å². The average molecular weight is 303 g/mol. The molecule has 0 bridgehead atoms. The molecular formula is C15H15ClN4O. The molecule has 1 aromatic carbocycles. The molecule has 0 saturated carbocycles. The van der Waals surface area contributed by atoms with Gasteiger partial charge < -0.3 is 10.2 Å². The van der Waals surface area contributed by atoms with E-state index < -0.39 is 0 Å². The van der Waals surface area contributed by atoms with Crippen LogP contribution in [-0.2, 0) is 11.2 Å². The first kappa shape index (κ1) is 13.8. The summed E-state index contributed by atoms with van der Waals surface area (Å²) >= 11 is 5.96. The molecular weight excluding hydrogens is 288 g/mol. The number of para-hydroxylation sites is 1. The van der Waals surface area contributed by atoms with Gasteiger partial charge in [-0.3, -0.25) is 4.79 Å². The Hall–Kier alpha value is -2.14. The minimum absolute atomic E-state index is 0.0110. The number of benzene rings is 1. The summed E-state index contributed by atoms with van der Waals surface area (Å²) in [5.74, 6) is 0.488. The highest BCUT2D eigenvalue weighted by atomic mass is 35.5. The maximum atomic E-state index is 12.4. The van der Waals surface area contributed by atoms with Crippen molar-refractivity contribution in [2.24, 2.45) is 0 Å². The molecule has 5 nitrogen and oxygen atoms in total. The van der Waals surface area contributed by atoms with Gasteiger partial charge in [-0.25, -0.2) is 9.97 Å². The number of carbonyl (C=O) groups is 1. The van der Waals surface area contributed by atoms with E-state index in [1.54, 1.807) is 0 Å². The van der Waals surface area contributed by atoms with Gasteiger partial charge in [-0.2, -0.15) is 0 Å². The van der Waals surface area contributed by atoms with Crippen molar-refractivity contribution in [3.8, 4) is 0 Å². The lowest BCUT2D eigenvalue weighted by molar-refractivity contribution is -0.117. The van der Waals surface area contributed by atoms with Crippen LogP contribution >= 0.6 is 11.6 Å². The van der Waals surface area contributed by atoms with Gasteiger partial charge in [0.05, 0.1) is 12.7 Å². The molecule has 1 aromatic heterocycles. The Morgan fingerprint density at radius 3 is 3.10 bits per heavy atom. The first-order valence-corrected chi connectivity index (χ1v) is 7.21. The second kappa shape index (κ2) is 6.10. The molecule has 2 heterocycles. The van der Waals surface area contributed by atoms with E-state index >= 15 is 0 Å². The molecule has 0 fully saturated rings. The van der Waals surface area contributed by atoms with Crippen molar-refractivity contribution in [3.05, 3.63) is 47.4 Å². The number of rotatable bonds is 3. The van der Waals surface area contributed by atoms with Crippen molar-refractivity contribution in [1.29, 1.82) is 0 Å². The smallest absolute Gasteiger partial charge is 0.246 e. The predicted molar refractivity (Wildman–Crippen MR) is 82.6 cm³/mol. The quantitative estimate of drug-likeness (QED) is 0.946. The Morgan fingerprint density at radius 1 is 1.38 bits per heavy atom. The maximum Gasteiger partial charge on any atom is 0.246 e. The topological polar surface area (TPSA) is 58.1 Å². The SMILES string of the molecule is O=C(CNc1ncncc1Cl)N1CCCc2ccccc21. The Labute approximate surface area is 128 Å². The molecule has 2 aromatic rings. The van der Waals surface area contributed by atoms with Crippen molar-refractivity contribution in [1.82, 2.24) is 9.97 Å². The third-order valence-electron chi connectivity index (χ3n) is 3.49. The molecule has 0 unspecified atom stereocenters. The second-order valence-corrected chi connectivity index (χ2v) is 5.26. The number of aryl methyl sites for hydroxylation is 1. The highest BCUT2D eigenvalue weighted by Crippen LogP contribution is 2.26. The van der Waals surface area contributed by atoms with Gasteiger partial charge >= 0.3 is 0 Å². The summed E-state index contributed by atoms with van der Waals surface area (Å²) in [4.78, 5) is 22.1. The van der Waals surface area contributed by atoms with E-state index in [1.807, 2.05) is 23.1 Å². The molecule has 3 rings (SSSR count). The summed E-state index contributed by atoms with van der Waals surface area (Å²) in [7, 11) is 0. The Morgan fingerprint density at radius 2 is 2.24 bits per heavy atom. The van der Waals surface area contributed by atoms with Crippen LogP contribution in [0.5, 0.6) is 0 Å². The standard InChI is InChI=1S/C15H15ClN4O/c16-12-8-17-10-19-15(12)18-9-14(21)20-7-3-5-11-4-1-2-6-13(11)20/h1-2,4,6,8,10H,3,5,7,9H2,(H,17,18,19). The van der Waals surface area contributed by atoms with Gasteiger partial charge in [0.15, 0.2) is 0 Å². The summed E-state index contributed by atoms with van der Waals surface area (Å²) in [6, 6.07) is 8.03. The summed E-state index contributed by atoms with van der Waals surface area (Å²) < 4.78 is 0. The lowest BCUT2D eigenvalue weighted by atomic mass is 10.0. The van der Waals surface area contributed by atoms with Gasteiger partial charge in [0.1, 0.15) is 17.2 Å². The minimum atomic E-state index is 0.0110. The van der Waals surface area contributed by atoms with E-state index in [1.165, 1.54) is 18.1 Å². The predicted octanol–water partition coefficient (Wildman–Crippen LogP) is 2.52. The third-order valence-corrected chi connectivity index (χ3v) is 3.76. The van der Waals surface area contributed by atoms with E-state index in [0.29, 0.717) is 10.8 Å². The van der Waals surface area contributed by atoms with Gasteiger partial charge in [-0.1, -0.05) is 29.8 Å². The van der Waals surface area contributed by atoms with Crippen LogP contribution in [0.2, 0.25) is 5.02 Å². The molecule has 1 amide bonds. The van der Waals surface area contributed by atoms with Crippen LogP contribution in [0.15, 0.2) is 36.8 Å². The number of anilines is 2. The van der Waals surface area contributed by atoms with Crippen molar-refractivity contribution in [2.75, 3.05) is 23.3 Å². The van der Waals surface area contributed by atoms with Crippen molar-refractivity contribution in [2.45, 2.75) is 12.8 Å². The number of hydrogen-bond donors (Lipinski definition) is 1. The number of carbonyl (C=O) groups excluding carboxylic acids is 1. The largest absolute Gasteiger partial charge is 0.360 e. The highest BCUT2D eigenvalue weighted by molar-refractivity contribution is 6.32. The van der Waals surface area contributed by atoms with Crippen LogP contribution in [0.1, 0.15) is 12.0 Å². The third kappa shape index (κ3) is 2.97. The molecule has 0 atom stereocenters. The van der Waals surface area contributed by atoms with Gasteiger partial charge in [0.25, 0.3) is 0 Å². The first-order chi connectivity index (χ1) is 10.3. The molecule has 6 heteroatoms. The zero-order chi connectivity index (χ0) is 14.7. The van der Waals surface area contributed by atoms with E-state index in [2.05, 4.69) is 21.4 Å². The summed E-state index contributed by atoms with van der Waals surface area (Å²) in [5.41, 5.74) is 2.22. The van der Waals surface area contributed by atoms with E-state index in [9.17, 15) is 4.79 Å². The molecule has 1 aliphatic rings. The van der Waals surface area contributed by atoms with Crippen LogP contribution in [0.3, 0.4) is 0 Å². The summed E-state index contributed by atoms with van der Waals surface area (Å²) in [5, 5.41) is 3.37. The number of aromatic nitrogens is 2. The zero-order valence-electron chi connectivity index (χ0n) is 11.4. The summed E-state index contributed by atoms with van der Waals surface area (Å²) in [6.45, 7) is 0.903. The Bertz CT molecular complexity index is 662. The van der Waals surface area contributed by atoms with Gasteiger partial charge in [-0.15, -0.1) is 0 Å². The summed E-state index contributed by atoms with van der Waals surface area (Å²) in [6.07, 6.45) is 4.90. The van der Waals surface area contributed by atoms with E-state index in [4.69, 9.17) is 11.6 Å². The molecule has 1 N–H and O–H groups in total. The lowest BCUT2D eigenvalue weighted by Crippen LogP contribution is -2.39. The molecule has 0 spiro atoms. The molecule has 21 heavy (non-hydrogen) atoms. The normalized spacial score (nSPS) is 13.7. The molecule has 0 radical (unpaired) electrons. The maximum absolute atomic E-state index is 12.4. The Kier molecular flexibility index (Phi) is 4.01. The number of fused-ring (bicyclic) bond motifs is 1. The lowest BCUT2D eigenvalue weighted by Gasteiger charge is -2.29. The van der Waals surface area contributed by atoms with E-state index in [-0.39, 0.29) is 12.5 Å². The number of halogens is 1. The van der Waals surface area contributed by atoms with Crippen LogP contribution in [-0.4, -0.2) is 29.0 Å². The highest BCUT2D eigenvalue weighted by Gasteiger charge is 2.21. The van der Waals surface area contributed by atoms with Crippen molar-refractivity contribution in [3.63, 3.8) is 0 Å². The monoisotopic (exact) mass is 302 g/mol. The number of nitrogens with zero attached hydrogens (tertiary/aromatic N) is 3. The Balaban J connectivity index is 1.71. The van der Waals surface area contributed by atoms with Crippen molar-refractivity contribution < 1.29 is 4.79 Å². The van der Waals surface area contributed by atoms with Crippen LogP contribution < -0.4 is 10.2 Å². The number of amides is 1. The molecule has 0 aliphatic carbocycles. The average Bonchev–Trinajstić information content (AvgIpc) is 2.53. The number of nitrogens with one attached hydrogen (secondary N) is 1. The minimum Gasteiger partial charge on any atom is -0.360 e. The van der Waals surface area contributed by atoms with Crippen LogP contribution in [0.25, 0.3) is 0 Å². The van der Waals surface area contributed by atoms with Gasteiger partial charge in [-0.05, 0) is 24.5 Å². The zero-order valence-corrected chi connectivity index (χ0v) is 12.2. The fourth-order valence-electron chi connectivity index (χ4n) is 2.49. The van der Waals surface area contributed by atoms with E-state index in [0.717, 1.165) is 25.1 Å². The fraction of sp³-hybridized carbons (Fsp3) is 0.267. The molecule has 1 aliphatic heterocycles. The number of hydrogen-bond acceptors (Lipinski definition) is 4. The van der Waals surface area contributed by atoms with Gasteiger partial charge in [0, 0.05) is 12.2 Å². The molecule has 108 valence electrons. The van der Waals surface area contributed by atoms with Crippen molar-refractivity contribution >= 4 is 29.0 Å². The van der Waals surface area contributed by atoms with Crippen LogP contribution in [0.4, 0.5) is 11.5 Å². The molecule has 0 saturated heterocycles. The second-order valence-electron chi connectivity index (χ2n) is 4.85.